The molecule has 2 aliphatic heterocycles. The standard InChI is InChI=1S/C6H8N2S4/c1-3-9-5(7-1)11-12-6-8-2-4-10-6/h1-8H. The molecule has 0 fully saturated rings. The number of nitrogens with one attached hydrogen (secondary N) is 2. The first-order valence-electron chi connectivity index (χ1n) is 3.40. The molecule has 0 aromatic rings. The van der Waals surface area contributed by atoms with Crippen molar-refractivity contribution in [2.24, 2.45) is 0 Å². The first kappa shape index (κ1) is 9.05. The molecule has 0 amide bonds. The molecule has 2 unspecified atom stereocenters. The SMILES string of the molecule is C1=CSC(SSC2NC=CS2)N1. The Morgan fingerprint density at radius 2 is 1.42 bits per heavy atom. The van der Waals surface area contributed by atoms with Crippen LogP contribution >= 0.6 is 45.1 Å². The van der Waals surface area contributed by atoms with E-state index in [9.17, 15) is 0 Å². The zero-order chi connectivity index (χ0) is 8.23. The highest BCUT2D eigenvalue weighted by atomic mass is 33.1. The van der Waals surface area contributed by atoms with Gasteiger partial charge < -0.3 is 10.6 Å². The van der Waals surface area contributed by atoms with Crippen molar-refractivity contribution in [1.29, 1.82) is 0 Å². The highest BCUT2D eigenvalue weighted by molar-refractivity contribution is 8.80. The summed E-state index contributed by atoms with van der Waals surface area (Å²) in [6.07, 6.45) is 3.99. The smallest absolute Gasteiger partial charge is 0.133 e. The summed E-state index contributed by atoms with van der Waals surface area (Å²) >= 11 is 3.64. The molecule has 0 aromatic carbocycles. The van der Waals surface area contributed by atoms with Gasteiger partial charge >= 0.3 is 0 Å². The molecule has 0 radical (unpaired) electrons. The minimum atomic E-state index is 0.484. The lowest BCUT2D eigenvalue weighted by molar-refractivity contribution is 1.03. The van der Waals surface area contributed by atoms with Crippen molar-refractivity contribution in [1.82, 2.24) is 10.6 Å². The highest BCUT2D eigenvalue weighted by Crippen LogP contribution is 2.41. The van der Waals surface area contributed by atoms with Crippen molar-refractivity contribution in [2.45, 2.75) is 9.41 Å². The second-order valence-corrected chi connectivity index (χ2v) is 7.18. The van der Waals surface area contributed by atoms with Gasteiger partial charge in [-0.2, -0.15) is 0 Å². The van der Waals surface area contributed by atoms with E-state index in [0.717, 1.165) is 0 Å². The van der Waals surface area contributed by atoms with E-state index in [4.69, 9.17) is 0 Å². The molecule has 2 N–H and O–H groups in total. The first-order chi connectivity index (χ1) is 5.95. The van der Waals surface area contributed by atoms with E-state index in [1.807, 2.05) is 57.5 Å². The Labute approximate surface area is 88.2 Å². The minimum absolute atomic E-state index is 0.484. The van der Waals surface area contributed by atoms with Crippen molar-refractivity contribution < 1.29 is 0 Å². The molecule has 2 rings (SSSR count). The van der Waals surface area contributed by atoms with E-state index in [2.05, 4.69) is 21.4 Å². The molecule has 2 heterocycles. The minimum Gasteiger partial charge on any atom is -0.370 e. The molecule has 0 aliphatic carbocycles. The first-order valence-corrected chi connectivity index (χ1v) is 7.56. The van der Waals surface area contributed by atoms with Crippen LogP contribution in [-0.2, 0) is 0 Å². The van der Waals surface area contributed by atoms with Crippen LogP contribution in [0.3, 0.4) is 0 Å². The second kappa shape index (κ2) is 4.64. The van der Waals surface area contributed by atoms with Crippen LogP contribution in [0.4, 0.5) is 0 Å². The number of thioether (sulfide) groups is 2. The number of hydrogen-bond donors (Lipinski definition) is 2. The van der Waals surface area contributed by atoms with Crippen LogP contribution in [0.1, 0.15) is 0 Å². The van der Waals surface area contributed by atoms with Gasteiger partial charge in [-0.05, 0) is 10.8 Å². The third-order valence-electron chi connectivity index (χ3n) is 1.24. The van der Waals surface area contributed by atoms with Gasteiger partial charge in [-0.1, -0.05) is 45.1 Å². The van der Waals surface area contributed by atoms with Crippen molar-refractivity contribution in [2.75, 3.05) is 0 Å². The molecule has 12 heavy (non-hydrogen) atoms. The molecular weight excluding hydrogens is 228 g/mol. The van der Waals surface area contributed by atoms with Gasteiger partial charge in [0, 0.05) is 12.4 Å². The maximum absolute atomic E-state index is 3.25. The zero-order valence-electron chi connectivity index (χ0n) is 6.10. The summed E-state index contributed by atoms with van der Waals surface area (Å²) in [6.45, 7) is 0. The molecular formula is C6H8N2S4. The van der Waals surface area contributed by atoms with Crippen LogP contribution in [-0.4, -0.2) is 9.41 Å². The van der Waals surface area contributed by atoms with Crippen molar-refractivity contribution in [3.63, 3.8) is 0 Å². The van der Waals surface area contributed by atoms with E-state index in [-0.39, 0.29) is 0 Å². The third-order valence-corrected chi connectivity index (χ3v) is 6.78. The Morgan fingerprint density at radius 3 is 1.75 bits per heavy atom. The van der Waals surface area contributed by atoms with Crippen LogP contribution in [0, 0.1) is 0 Å². The molecule has 2 aliphatic rings. The molecule has 2 nitrogen and oxygen atoms in total. The van der Waals surface area contributed by atoms with Gasteiger partial charge in [-0.15, -0.1) is 0 Å². The molecule has 0 bridgehead atoms. The largest absolute Gasteiger partial charge is 0.370 e. The monoisotopic (exact) mass is 236 g/mol. The Balaban J connectivity index is 1.62. The van der Waals surface area contributed by atoms with Crippen molar-refractivity contribution >= 4 is 45.1 Å². The van der Waals surface area contributed by atoms with Gasteiger partial charge in [0.15, 0.2) is 0 Å². The van der Waals surface area contributed by atoms with Gasteiger partial charge in [0.05, 0.1) is 0 Å². The van der Waals surface area contributed by atoms with Crippen LogP contribution < -0.4 is 10.6 Å². The Kier molecular flexibility index (Phi) is 3.50. The Morgan fingerprint density at radius 1 is 0.917 bits per heavy atom. The van der Waals surface area contributed by atoms with Gasteiger partial charge in [0.2, 0.25) is 0 Å². The van der Waals surface area contributed by atoms with Crippen molar-refractivity contribution in [3.8, 4) is 0 Å². The summed E-state index contributed by atoms with van der Waals surface area (Å²) < 4.78 is 0.969. The fourth-order valence-corrected chi connectivity index (χ4v) is 5.44. The van der Waals surface area contributed by atoms with E-state index < -0.39 is 0 Å². The number of hydrogen-bond acceptors (Lipinski definition) is 6. The summed E-state index contributed by atoms with van der Waals surface area (Å²) in [7, 11) is 3.73. The van der Waals surface area contributed by atoms with Gasteiger partial charge in [0.25, 0.3) is 0 Å². The zero-order valence-corrected chi connectivity index (χ0v) is 9.36. The van der Waals surface area contributed by atoms with Crippen LogP contribution in [0.25, 0.3) is 0 Å². The molecule has 6 heteroatoms. The summed E-state index contributed by atoms with van der Waals surface area (Å²) in [5, 5.41) is 10.7. The summed E-state index contributed by atoms with van der Waals surface area (Å²) in [5.41, 5.74) is 0. The maximum Gasteiger partial charge on any atom is 0.133 e. The topological polar surface area (TPSA) is 24.1 Å². The lowest BCUT2D eigenvalue weighted by Gasteiger charge is -2.12. The molecule has 2 atom stereocenters. The van der Waals surface area contributed by atoms with Crippen LogP contribution in [0.5, 0.6) is 0 Å². The Bertz CT molecular complexity index is 168. The van der Waals surface area contributed by atoms with Crippen LogP contribution in [0.2, 0.25) is 0 Å². The molecule has 0 saturated carbocycles. The molecule has 0 saturated heterocycles. The van der Waals surface area contributed by atoms with E-state index in [1.54, 1.807) is 0 Å². The molecule has 66 valence electrons. The van der Waals surface area contributed by atoms with Gasteiger partial charge in [-0.3, -0.25) is 0 Å². The van der Waals surface area contributed by atoms with E-state index >= 15 is 0 Å². The fraction of sp³-hybridized carbons (Fsp3) is 0.333. The summed E-state index contributed by atoms with van der Waals surface area (Å²) in [5.74, 6) is 0. The summed E-state index contributed by atoms with van der Waals surface area (Å²) in [6, 6.07) is 0. The maximum atomic E-state index is 3.25. The third kappa shape index (κ3) is 2.48. The second-order valence-electron chi connectivity index (χ2n) is 2.07. The lowest BCUT2D eigenvalue weighted by Crippen LogP contribution is -2.14. The van der Waals surface area contributed by atoms with E-state index in [0.29, 0.717) is 9.41 Å². The van der Waals surface area contributed by atoms with Gasteiger partial charge in [0.1, 0.15) is 9.41 Å². The lowest BCUT2D eigenvalue weighted by atomic mass is 11.0. The van der Waals surface area contributed by atoms with Crippen molar-refractivity contribution in [3.05, 3.63) is 23.2 Å². The quantitative estimate of drug-likeness (QED) is 0.731. The molecule has 0 aromatic heterocycles. The van der Waals surface area contributed by atoms with Gasteiger partial charge in [-0.25, -0.2) is 0 Å². The predicted octanol–water partition coefficient (Wildman–Crippen LogP) is 2.55. The highest BCUT2D eigenvalue weighted by Gasteiger charge is 2.16. The van der Waals surface area contributed by atoms with E-state index in [1.165, 1.54) is 0 Å². The average molecular weight is 236 g/mol. The molecule has 0 spiro atoms. The average Bonchev–Trinajstić information content (AvgIpc) is 2.74. The number of rotatable bonds is 3. The normalized spacial score (nSPS) is 32.0. The fourth-order valence-electron chi connectivity index (χ4n) is 0.737. The van der Waals surface area contributed by atoms with Crippen LogP contribution in [0.15, 0.2) is 23.2 Å². The Hall–Kier alpha value is 0.480. The predicted molar refractivity (Wildman–Crippen MR) is 62.5 cm³/mol. The summed E-state index contributed by atoms with van der Waals surface area (Å²) in [4.78, 5) is 0.